The summed E-state index contributed by atoms with van der Waals surface area (Å²) in [5.74, 6) is -0.336. The summed E-state index contributed by atoms with van der Waals surface area (Å²) in [5.41, 5.74) is 0.604. The molecule has 0 aliphatic rings. The van der Waals surface area contributed by atoms with Crippen molar-refractivity contribution in [1.82, 2.24) is 9.88 Å². The van der Waals surface area contributed by atoms with Crippen LogP contribution in [0.15, 0.2) is 18.2 Å². The van der Waals surface area contributed by atoms with Crippen molar-refractivity contribution in [1.29, 1.82) is 0 Å². The van der Waals surface area contributed by atoms with Gasteiger partial charge < -0.3 is 10.2 Å². The number of amides is 1. The Kier molecular flexibility index (Phi) is 3.47. The Hall–Kier alpha value is -1.69. The van der Waals surface area contributed by atoms with Gasteiger partial charge >= 0.3 is 0 Å². The highest BCUT2D eigenvalue weighted by Crippen LogP contribution is 2.26. The summed E-state index contributed by atoms with van der Waals surface area (Å²) < 4.78 is 13.9. The normalized spacial score (nSPS) is 12.4. The minimum Gasteiger partial charge on any atom is -0.350 e. The lowest BCUT2D eigenvalue weighted by atomic mass is 10.3. The highest BCUT2D eigenvalue weighted by Gasteiger charge is 2.16. The molecule has 2 aromatic rings. The van der Waals surface area contributed by atoms with Gasteiger partial charge in [-0.25, -0.2) is 9.37 Å². The van der Waals surface area contributed by atoms with Crippen LogP contribution < -0.4 is 5.32 Å². The number of hydrogen-bond donors (Lipinski definition) is 1. The average Bonchev–Trinajstić information content (AvgIpc) is 2.68. The van der Waals surface area contributed by atoms with Crippen LogP contribution in [0, 0.1) is 5.82 Å². The van der Waals surface area contributed by atoms with Gasteiger partial charge in [0.1, 0.15) is 11.9 Å². The van der Waals surface area contributed by atoms with E-state index in [1.807, 2.05) is 0 Å². The van der Waals surface area contributed by atoms with Crippen molar-refractivity contribution in [2.24, 2.45) is 0 Å². The molecule has 1 amide bonds. The molecule has 1 atom stereocenters. The second kappa shape index (κ2) is 4.89. The van der Waals surface area contributed by atoms with Crippen molar-refractivity contribution >= 4 is 32.6 Å². The summed E-state index contributed by atoms with van der Waals surface area (Å²) in [6.07, 6.45) is 0. The number of hydrogen-bond acceptors (Lipinski definition) is 4. The second-order valence-corrected chi connectivity index (χ2v) is 5.26. The molecule has 0 spiro atoms. The van der Waals surface area contributed by atoms with Crippen LogP contribution in [0.4, 0.5) is 9.52 Å². The zero-order valence-electron chi connectivity index (χ0n) is 10.4. The van der Waals surface area contributed by atoms with E-state index in [4.69, 9.17) is 0 Å². The minimum atomic E-state index is -0.356. The Balaban J connectivity index is 2.19. The van der Waals surface area contributed by atoms with E-state index >= 15 is 0 Å². The maximum atomic E-state index is 13.0. The third kappa shape index (κ3) is 2.59. The third-order valence-corrected chi connectivity index (χ3v) is 3.47. The Bertz CT molecular complexity index is 582. The standard InChI is InChI=1S/C12H14FN3OS/c1-7(11(17)16(2)3)14-12-15-9-6-8(13)4-5-10(9)18-12/h4-7H,1-3H3,(H,14,15). The molecular weight excluding hydrogens is 253 g/mol. The number of rotatable bonds is 3. The van der Waals surface area contributed by atoms with Gasteiger partial charge in [-0.15, -0.1) is 0 Å². The molecule has 0 saturated heterocycles. The van der Waals surface area contributed by atoms with Gasteiger partial charge in [0, 0.05) is 20.2 Å². The summed E-state index contributed by atoms with van der Waals surface area (Å²) in [5, 5.41) is 3.65. The number of fused-ring (bicyclic) bond motifs is 1. The number of aromatic nitrogens is 1. The van der Waals surface area contributed by atoms with Gasteiger partial charge in [0.15, 0.2) is 5.13 Å². The van der Waals surface area contributed by atoms with Crippen LogP contribution in [0.3, 0.4) is 0 Å². The van der Waals surface area contributed by atoms with Crippen LogP contribution in [0.5, 0.6) is 0 Å². The van der Waals surface area contributed by atoms with Gasteiger partial charge in [-0.05, 0) is 19.1 Å². The van der Waals surface area contributed by atoms with Crippen molar-refractivity contribution in [2.75, 3.05) is 19.4 Å². The molecule has 0 saturated carbocycles. The molecule has 1 aromatic heterocycles. The van der Waals surface area contributed by atoms with E-state index in [0.29, 0.717) is 10.6 Å². The van der Waals surface area contributed by atoms with Gasteiger partial charge in [-0.2, -0.15) is 0 Å². The van der Waals surface area contributed by atoms with Crippen molar-refractivity contribution in [3.63, 3.8) is 0 Å². The lowest BCUT2D eigenvalue weighted by Gasteiger charge is -2.17. The largest absolute Gasteiger partial charge is 0.350 e. The quantitative estimate of drug-likeness (QED) is 0.928. The van der Waals surface area contributed by atoms with Crippen LogP contribution in [-0.4, -0.2) is 35.9 Å². The lowest BCUT2D eigenvalue weighted by Crippen LogP contribution is -2.36. The fourth-order valence-corrected chi connectivity index (χ4v) is 2.53. The highest BCUT2D eigenvalue weighted by molar-refractivity contribution is 7.22. The van der Waals surface area contributed by atoms with E-state index in [1.165, 1.54) is 28.4 Å². The molecule has 4 nitrogen and oxygen atoms in total. The van der Waals surface area contributed by atoms with Crippen molar-refractivity contribution < 1.29 is 9.18 Å². The van der Waals surface area contributed by atoms with Gasteiger partial charge in [-0.3, -0.25) is 4.79 Å². The number of benzene rings is 1. The number of anilines is 1. The first-order valence-corrected chi connectivity index (χ1v) is 6.33. The van der Waals surface area contributed by atoms with Gasteiger partial charge in [0.25, 0.3) is 0 Å². The number of thiazole rings is 1. The smallest absolute Gasteiger partial charge is 0.244 e. The first kappa shape index (κ1) is 12.8. The Labute approximate surface area is 108 Å². The molecule has 6 heteroatoms. The zero-order chi connectivity index (χ0) is 13.3. The minimum absolute atomic E-state index is 0.0274. The van der Waals surface area contributed by atoms with Crippen molar-refractivity contribution in [2.45, 2.75) is 13.0 Å². The van der Waals surface area contributed by atoms with E-state index in [2.05, 4.69) is 10.3 Å². The molecule has 18 heavy (non-hydrogen) atoms. The first-order chi connectivity index (χ1) is 8.47. The monoisotopic (exact) mass is 267 g/mol. The summed E-state index contributed by atoms with van der Waals surface area (Å²) in [6.45, 7) is 1.77. The number of nitrogens with zero attached hydrogens (tertiary/aromatic N) is 2. The second-order valence-electron chi connectivity index (χ2n) is 4.23. The average molecular weight is 267 g/mol. The molecule has 1 unspecified atom stereocenters. The zero-order valence-corrected chi connectivity index (χ0v) is 11.2. The Morgan fingerprint density at radius 3 is 2.89 bits per heavy atom. The van der Waals surface area contributed by atoms with E-state index in [-0.39, 0.29) is 17.8 Å². The number of halogens is 1. The van der Waals surface area contributed by atoms with Crippen LogP contribution in [0.1, 0.15) is 6.92 Å². The molecule has 0 fully saturated rings. The topological polar surface area (TPSA) is 45.2 Å². The molecule has 1 aromatic carbocycles. The molecule has 96 valence electrons. The third-order valence-electron chi connectivity index (χ3n) is 2.50. The molecule has 2 rings (SSSR count). The van der Waals surface area contributed by atoms with Crippen LogP contribution in [0.2, 0.25) is 0 Å². The first-order valence-electron chi connectivity index (χ1n) is 5.51. The predicted octanol–water partition coefficient (Wildman–Crippen LogP) is 2.32. The van der Waals surface area contributed by atoms with Crippen LogP contribution >= 0.6 is 11.3 Å². The maximum Gasteiger partial charge on any atom is 0.244 e. The molecular formula is C12H14FN3OS. The lowest BCUT2D eigenvalue weighted by molar-refractivity contribution is -0.129. The fraction of sp³-hybridized carbons (Fsp3) is 0.333. The Morgan fingerprint density at radius 2 is 2.22 bits per heavy atom. The molecule has 0 aliphatic heterocycles. The highest BCUT2D eigenvalue weighted by atomic mass is 32.1. The van der Waals surface area contributed by atoms with Gasteiger partial charge in [-0.1, -0.05) is 11.3 Å². The Morgan fingerprint density at radius 1 is 1.50 bits per heavy atom. The molecule has 1 heterocycles. The number of carbonyl (C=O) groups excluding carboxylic acids is 1. The van der Waals surface area contributed by atoms with E-state index < -0.39 is 0 Å². The van der Waals surface area contributed by atoms with Gasteiger partial charge in [0.05, 0.1) is 10.2 Å². The van der Waals surface area contributed by atoms with Crippen LogP contribution in [-0.2, 0) is 4.79 Å². The maximum absolute atomic E-state index is 13.0. The molecule has 0 bridgehead atoms. The summed E-state index contributed by atoms with van der Waals surface area (Å²) in [6, 6.07) is 4.12. The number of likely N-dealkylation sites (N-methyl/N-ethyl adjacent to an activating group) is 1. The summed E-state index contributed by atoms with van der Waals surface area (Å²) in [4.78, 5) is 17.5. The predicted molar refractivity (Wildman–Crippen MR) is 71.4 cm³/mol. The van der Waals surface area contributed by atoms with Gasteiger partial charge in [0.2, 0.25) is 5.91 Å². The van der Waals surface area contributed by atoms with E-state index in [9.17, 15) is 9.18 Å². The molecule has 1 N–H and O–H groups in total. The summed E-state index contributed by atoms with van der Waals surface area (Å²) >= 11 is 1.40. The molecule has 0 radical (unpaired) electrons. The number of carbonyl (C=O) groups is 1. The van der Waals surface area contributed by atoms with Crippen LogP contribution in [0.25, 0.3) is 10.2 Å². The van der Waals surface area contributed by atoms with E-state index in [1.54, 1.807) is 27.1 Å². The fourth-order valence-electron chi connectivity index (χ4n) is 1.60. The SMILES string of the molecule is CC(Nc1nc2cc(F)ccc2s1)C(=O)N(C)C. The summed E-state index contributed by atoms with van der Waals surface area (Å²) in [7, 11) is 3.41. The molecule has 0 aliphatic carbocycles. The van der Waals surface area contributed by atoms with Crippen molar-refractivity contribution in [3.05, 3.63) is 24.0 Å². The number of nitrogens with one attached hydrogen (secondary N) is 1. The van der Waals surface area contributed by atoms with E-state index in [0.717, 1.165) is 4.70 Å². The van der Waals surface area contributed by atoms with Crippen molar-refractivity contribution in [3.8, 4) is 0 Å².